The zero-order valence-electron chi connectivity index (χ0n) is 17.3. The van der Waals surface area contributed by atoms with Crippen LogP contribution in [0.5, 0.6) is 0 Å². The van der Waals surface area contributed by atoms with Gasteiger partial charge in [0, 0.05) is 30.3 Å². The molecule has 1 atom stereocenters. The van der Waals surface area contributed by atoms with E-state index in [4.69, 9.17) is 9.68 Å². The molecule has 168 valence electrons. The monoisotopic (exact) mass is 468 g/mol. The van der Waals surface area contributed by atoms with E-state index >= 15 is 0 Å². The van der Waals surface area contributed by atoms with Crippen molar-refractivity contribution in [3.63, 3.8) is 0 Å². The largest absolute Gasteiger partial charge is 0.441 e. The molecule has 1 saturated heterocycles. The quantitative estimate of drug-likeness (QED) is 0.588. The summed E-state index contributed by atoms with van der Waals surface area (Å²) in [5, 5.41) is 11.6. The number of anilines is 1. The van der Waals surface area contributed by atoms with Crippen molar-refractivity contribution in [1.82, 2.24) is 9.88 Å². The van der Waals surface area contributed by atoms with E-state index in [9.17, 15) is 18.4 Å². The lowest BCUT2D eigenvalue weighted by atomic mass is 10.2. The van der Waals surface area contributed by atoms with Crippen molar-refractivity contribution in [3.05, 3.63) is 71.8 Å². The maximum absolute atomic E-state index is 13.9. The first-order valence-electron chi connectivity index (χ1n) is 10.0. The topological polar surface area (TPSA) is 99.2 Å². The highest BCUT2D eigenvalue weighted by Gasteiger charge is 2.34. The Morgan fingerprint density at radius 2 is 2.03 bits per heavy atom. The van der Waals surface area contributed by atoms with Gasteiger partial charge in [-0.2, -0.15) is 5.26 Å². The standard InChI is InChI=1S/C23H18F2N4O3S/c24-15-3-6-17(18(25)9-15)20-11-27-21(32-20)7-8-22(30)29-13-33-12-19(29)23(31)28-16-4-1-14(10-26)2-5-16/h1-6,9,11,19H,7-8,12-13H2,(H,28,31). The van der Waals surface area contributed by atoms with E-state index in [1.54, 1.807) is 24.3 Å². The predicted octanol–water partition coefficient (Wildman–Crippen LogP) is 3.96. The lowest BCUT2D eigenvalue weighted by Gasteiger charge is -2.23. The Hall–Kier alpha value is -3.71. The number of amides is 2. The molecule has 2 amide bonds. The van der Waals surface area contributed by atoms with Gasteiger partial charge in [0.1, 0.15) is 17.7 Å². The summed E-state index contributed by atoms with van der Waals surface area (Å²) in [6.45, 7) is 0. The minimum atomic E-state index is -0.765. The number of carbonyl (C=O) groups is 2. The second-order valence-corrected chi connectivity index (χ2v) is 8.30. The van der Waals surface area contributed by atoms with Crippen LogP contribution in [0.15, 0.2) is 53.1 Å². The molecule has 0 spiro atoms. The van der Waals surface area contributed by atoms with E-state index in [1.807, 2.05) is 6.07 Å². The maximum Gasteiger partial charge on any atom is 0.248 e. The van der Waals surface area contributed by atoms with Gasteiger partial charge in [-0.3, -0.25) is 9.59 Å². The van der Waals surface area contributed by atoms with Gasteiger partial charge in [-0.25, -0.2) is 13.8 Å². The van der Waals surface area contributed by atoms with Gasteiger partial charge in [-0.1, -0.05) is 0 Å². The minimum Gasteiger partial charge on any atom is -0.441 e. The Labute approximate surface area is 192 Å². The molecule has 3 aromatic rings. The van der Waals surface area contributed by atoms with Crippen molar-refractivity contribution in [2.75, 3.05) is 16.9 Å². The van der Waals surface area contributed by atoms with Gasteiger partial charge in [-0.05, 0) is 36.4 Å². The van der Waals surface area contributed by atoms with E-state index in [0.29, 0.717) is 22.9 Å². The number of nitrogens with zero attached hydrogens (tertiary/aromatic N) is 3. The first-order valence-corrected chi connectivity index (χ1v) is 11.2. The fourth-order valence-electron chi connectivity index (χ4n) is 3.36. The number of hydrogen-bond donors (Lipinski definition) is 1. The van der Waals surface area contributed by atoms with E-state index in [2.05, 4.69) is 10.3 Å². The van der Waals surface area contributed by atoms with Gasteiger partial charge < -0.3 is 14.6 Å². The molecule has 1 N–H and O–H groups in total. The molecular formula is C23H18F2N4O3S. The number of benzene rings is 2. The smallest absolute Gasteiger partial charge is 0.248 e. The number of halogens is 2. The van der Waals surface area contributed by atoms with Crippen LogP contribution in [0.25, 0.3) is 11.3 Å². The third-order valence-electron chi connectivity index (χ3n) is 5.09. The predicted molar refractivity (Wildman–Crippen MR) is 118 cm³/mol. The Morgan fingerprint density at radius 3 is 2.76 bits per heavy atom. The van der Waals surface area contributed by atoms with Gasteiger partial charge in [0.2, 0.25) is 11.8 Å². The van der Waals surface area contributed by atoms with Gasteiger partial charge in [0.05, 0.1) is 29.3 Å². The number of aromatic nitrogens is 1. The highest BCUT2D eigenvalue weighted by molar-refractivity contribution is 7.99. The molecule has 10 heteroatoms. The van der Waals surface area contributed by atoms with Crippen molar-refractivity contribution >= 4 is 29.3 Å². The van der Waals surface area contributed by atoms with Crippen LogP contribution in [0.4, 0.5) is 14.5 Å². The second kappa shape index (κ2) is 9.83. The zero-order valence-corrected chi connectivity index (χ0v) is 18.1. The molecule has 1 fully saturated rings. The molecule has 2 aromatic carbocycles. The lowest BCUT2D eigenvalue weighted by molar-refractivity contribution is -0.136. The number of aryl methyl sites for hydroxylation is 1. The fourth-order valence-corrected chi connectivity index (χ4v) is 4.54. The number of hydrogen-bond acceptors (Lipinski definition) is 6. The molecule has 1 aliphatic rings. The fraction of sp³-hybridized carbons (Fsp3) is 0.217. The highest BCUT2D eigenvalue weighted by atomic mass is 32.2. The number of rotatable bonds is 6. The number of oxazole rings is 1. The van der Waals surface area contributed by atoms with Crippen LogP contribution in [-0.4, -0.2) is 39.4 Å². The second-order valence-electron chi connectivity index (χ2n) is 7.30. The van der Waals surface area contributed by atoms with Crippen molar-refractivity contribution in [3.8, 4) is 17.4 Å². The molecule has 0 bridgehead atoms. The first kappa shape index (κ1) is 22.5. The van der Waals surface area contributed by atoms with Crippen LogP contribution in [0.3, 0.4) is 0 Å². The van der Waals surface area contributed by atoms with Crippen LogP contribution in [0.2, 0.25) is 0 Å². The van der Waals surface area contributed by atoms with E-state index < -0.39 is 17.7 Å². The number of nitriles is 1. The molecule has 2 heterocycles. The zero-order chi connectivity index (χ0) is 23.4. The summed E-state index contributed by atoms with van der Waals surface area (Å²) >= 11 is 1.48. The van der Waals surface area contributed by atoms with Crippen molar-refractivity contribution < 1.29 is 22.8 Å². The summed E-state index contributed by atoms with van der Waals surface area (Å²) in [5.41, 5.74) is 1.11. The van der Waals surface area contributed by atoms with Crippen molar-refractivity contribution in [1.29, 1.82) is 5.26 Å². The third kappa shape index (κ3) is 5.21. The van der Waals surface area contributed by atoms with E-state index in [0.717, 1.165) is 12.1 Å². The maximum atomic E-state index is 13.9. The van der Waals surface area contributed by atoms with Crippen molar-refractivity contribution in [2.45, 2.75) is 18.9 Å². The Kier molecular flexibility index (Phi) is 6.70. The molecule has 1 unspecified atom stereocenters. The summed E-state index contributed by atoms with van der Waals surface area (Å²) in [6.07, 6.45) is 1.56. The van der Waals surface area contributed by atoms with Gasteiger partial charge >= 0.3 is 0 Å². The molecule has 33 heavy (non-hydrogen) atoms. The Bertz CT molecular complexity index is 1220. The highest BCUT2D eigenvalue weighted by Crippen LogP contribution is 2.26. The number of thioether (sulfide) groups is 1. The summed E-state index contributed by atoms with van der Waals surface area (Å²) in [4.78, 5) is 31.0. The third-order valence-corrected chi connectivity index (χ3v) is 6.10. The summed E-state index contributed by atoms with van der Waals surface area (Å²) in [5.74, 6) is -0.736. The van der Waals surface area contributed by atoms with Crippen LogP contribution in [-0.2, 0) is 16.0 Å². The molecule has 7 nitrogen and oxygen atoms in total. The van der Waals surface area contributed by atoms with E-state index in [-0.39, 0.29) is 41.9 Å². The number of carbonyl (C=O) groups excluding carboxylic acids is 2. The summed E-state index contributed by atoms with van der Waals surface area (Å²) in [6, 6.07) is 11.0. The van der Waals surface area contributed by atoms with Gasteiger partial charge in [0.25, 0.3) is 0 Å². The van der Waals surface area contributed by atoms with Gasteiger partial charge in [-0.15, -0.1) is 11.8 Å². The average molecular weight is 468 g/mol. The first-order chi connectivity index (χ1) is 15.9. The Morgan fingerprint density at radius 1 is 1.24 bits per heavy atom. The molecule has 4 rings (SSSR count). The van der Waals surface area contributed by atoms with Crippen molar-refractivity contribution in [2.24, 2.45) is 0 Å². The summed E-state index contributed by atoms with van der Waals surface area (Å²) < 4.78 is 32.6. The van der Waals surface area contributed by atoms with Crippen LogP contribution in [0.1, 0.15) is 17.9 Å². The molecule has 1 aromatic heterocycles. The normalized spacial score (nSPS) is 15.3. The van der Waals surface area contributed by atoms with Crippen LogP contribution < -0.4 is 5.32 Å². The average Bonchev–Trinajstić information content (AvgIpc) is 3.48. The molecular weight excluding hydrogens is 450 g/mol. The minimum absolute atomic E-state index is 0.0626. The number of nitrogens with one attached hydrogen (secondary N) is 1. The van der Waals surface area contributed by atoms with Gasteiger partial charge in [0.15, 0.2) is 11.7 Å². The molecule has 0 saturated carbocycles. The SMILES string of the molecule is N#Cc1ccc(NC(=O)C2CSCN2C(=O)CCc2ncc(-c3ccc(F)cc3F)o2)cc1. The summed E-state index contributed by atoms with van der Waals surface area (Å²) in [7, 11) is 0. The molecule has 1 aliphatic heterocycles. The van der Waals surface area contributed by atoms with Crippen LogP contribution in [0, 0.1) is 23.0 Å². The van der Waals surface area contributed by atoms with E-state index in [1.165, 1.54) is 28.9 Å². The lowest BCUT2D eigenvalue weighted by Crippen LogP contribution is -2.44. The molecule has 0 radical (unpaired) electrons. The van der Waals surface area contributed by atoms with Crippen LogP contribution >= 0.6 is 11.8 Å². The Balaban J connectivity index is 1.35. The molecule has 0 aliphatic carbocycles.